The fraction of sp³-hybridized carbons (Fsp3) is 0.588. The van der Waals surface area contributed by atoms with Gasteiger partial charge in [-0.05, 0) is 24.6 Å². The first-order chi connectivity index (χ1) is 10.2. The maximum Gasteiger partial charge on any atom is 0.255 e. The lowest BCUT2D eigenvalue weighted by Gasteiger charge is -2.09. The Hall–Kier alpha value is -1.22. The fourth-order valence-corrected chi connectivity index (χ4v) is 2.41. The summed E-state index contributed by atoms with van der Waals surface area (Å²) in [6.45, 7) is 2.92. The highest BCUT2D eigenvalue weighted by Gasteiger charge is 2.12. The van der Waals surface area contributed by atoms with Gasteiger partial charge in [-0.3, -0.25) is 4.79 Å². The van der Waals surface area contributed by atoms with E-state index in [2.05, 4.69) is 12.2 Å². The monoisotopic (exact) mass is 311 g/mol. The quantitative estimate of drug-likeness (QED) is 0.629. The van der Waals surface area contributed by atoms with Crippen molar-refractivity contribution in [3.63, 3.8) is 0 Å². The number of methoxy groups -OCH3 is 1. The smallest absolute Gasteiger partial charge is 0.255 e. The first-order valence-electron chi connectivity index (χ1n) is 7.80. The number of benzene rings is 1. The molecule has 0 aliphatic carbocycles. The Morgan fingerprint density at radius 3 is 2.48 bits per heavy atom. The van der Waals surface area contributed by atoms with Gasteiger partial charge < -0.3 is 10.1 Å². The molecule has 0 spiro atoms. The molecule has 0 unspecified atom stereocenters. The van der Waals surface area contributed by atoms with E-state index in [4.69, 9.17) is 16.3 Å². The second-order valence-corrected chi connectivity index (χ2v) is 5.66. The summed E-state index contributed by atoms with van der Waals surface area (Å²) in [6.07, 6.45) is 8.64. The maximum atomic E-state index is 12.1. The molecule has 0 heterocycles. The van der Waals surface area contributed by atoms with E-state index in [-0.39, 0.29) is 5.91 Å². The molecular weight excluding hydrogens is 286 g/mol. The summed E-state index contributed by atoms with van der Waals surface area (Å²) in [7, 11) is 1.55. The van der Waals surface area contributed by atoms with Crippen molar-refractivity contribution in [3.8, 4) is 5.75 Å². The van der Waals surface area contributed by atoms with Crippen molar-refractivity contribution in [3.05, 3.63) is 28.8 Å². The van der Waals surface area contributed by atoms with Crippen molar-refractivity contribution in [2.45, 2.75) is 51.9 Å². The summed E-state index contributed by atoms with van der Waals surface area (Å²) in [5.74, 6) is 0.428. The summed E-state index contributed by atoms with van der Waals surface area (Å²) in [4.78, 5) is 12.1. The zero-order valence-electron chi connectivity index (χ0n) is 13.1. The molecule has 0 atom stereocenters. The Labute approximate surface area is 133 Å². The molecule has 1 aromatic carbocycles. The normalized spacial score (nSPS) is 10.4. The first-order valence-corrected chi connectivity index (χ1v) is 8.18. The van der Waals surface area contributed by atoms with Crippen LogP contribution in [-0.2, 0) is 0 Å². The number of hydrogen-bond acceptors (Lipinski definition) is 2. The second-order valence-electron chi connectivity index (χ2n) is 5.22. The van der Waals surface area contributed by atoms with E-state index in [1.807, 2.05) is 0 Å². The van der Waals surface area contributed by atoms with Crippen LogP contribution in [0, 0.1) is 0 Å². The standard InChI is InChI=1S/C17H26ClNO2/c1-3-4-5-6-7-8-9-12-19-17(20)15-13-14(18)10-11-16(15)21-2/h10-11,13H,3-9,12H2,1-2H3,(H,19,20). The van der Waals surface area contributed by atoms with Crippen molar-refractivity contribution in [1.82, 2.24) is 5.32 Å². The fourth-order valence-electron chi connectivity index (χ4n) is 2.24. The molecule has 4 heteroatoms. The van der Waals surface area contributed by atoms with Gasteiger partial charge in [0.1, 0.15) is 5.75 Å². The molecular formula is C17H26ClNO2. The average molecular weight is 312 g/mol. The lowest BCUT2D eigenvalue weighted by molar-refractivity contribution is 0.0950. The molecule has 0 aromatic heterocycles. The Morgan fingerprint density at radius 2 is 1.81 bits per heavy atom. The number of nitrogens with one attached hydrogen (secondary N) is 1. The molecule has 0 aliphatic rings. The molecule has 1 amide bonds. The van der Waals surface area contributed by atoms with E-state index < -0.39 is 0 Å². The Morgan fingerprint density at radius 1 is 1.14 bits per heavy atom. The van der Waals surface area contributed by atoms with Gasteiger partial charge in [0.05, 0.1) is 12.7 Å². The van der Waals surface area contributed by atoms with Crippen LogP contribution >= 0.6 is 11.6 Å². The molecule has 1 N–H and O–H groups in total. The molecule has 0 aliphatic heterocycles. The second kappa shape index (κ2) is 10.5. The number of carbonyl (C=O) groups excluding carboxylic acids is 1. The van der Waals surface area contributed by atoms with E-state index in [1.165, 1.54) is 32.1 Å². The minimum Gasteiger partial charge on any atom is -0.496 e. The van der Waals surface area contributed by atoms with Gasteiger partial charge in [-0.25, -0.2) is 0 Å². The summed E-state index contributed by atoms with van der Waals surface area (Å²) in [5.41, 5.74) is 0.493. The van der Waals surface area contributed by atoms with Crippen LogP contribution in [0.4, 0.5) is 0 Å². The summed E-state index contributed by atoms with van der Waals surface area (Å²) in [5, 5.41) is 3.46. The first kappa shape index (κ1) is 17.8. The Bertz CT molecular complexity index is 435. The molecule has 3 nitrogen and oxygen atoms in total. The van der Waals surface area contributed by atoms with E-state index in [0.717, 1.165) is 12.8 Å². The molecule has 1 rings (SSSR count). The van der Waals surface area contributed by atoms with Gasteiger partial charge in [-0.1, -0.05) is 57.0 Å². The number of carbonyl (C=O) groups is 1. The molecule has 0 radical (unpaired) electrons. The average Bonchev–Trinajstić information content (AvgIpc) is 2.49. The van der Waals surface area contributed by atoms with Crippen molar-refractivity contribution in [2.75, 3.05) is 13.7 Å². The zero-order valence-corrected chi connectivity index (χ0v) is 13.8. The summed E-state index contributed by atoms with van der Waals surface area (Å²) < 4.78 is 5.18. The van der Waals surface area contributed by atoms with Crippen LogP contribution < -0.4 is 10.1 Å². The Balaban J connectivity index is 2.26. The third kappa shape index (κ3) is 6.85. The van der Waals surface area contributed by atoms with E-state index in [0.29, 0.717) is 22.9 Å². The van der Waals surface area contributed by atoms with Crippen molar-refractivity contribution in [2.24, 2.45) is 0 Å². The largest absolute Gasteiger partial charge is 0.496 e. The summed E-state index contributed by atoms with van der Waals surface area (Å²) in [6, 6.07) is 5.07. The van der Waals surface area contributed by atoms with Crippen LogP contribution in [-0.4, -0.2) is 19.6 Å². The minimum absolute atomic E-state index is 0.125. The van der Waals surface area contributed by atoms with Gasteiger partial charge in [0.2, 0.25) is 0 Å². The van der Waals surface area contributed by atoms with Crippen molar-refractivity contribution in [1.29, 1.82) is 0 Å². The van der Waals surface area contributed by atoms with Crippen LogP contribution in [0.1, 0.15) is 62.2 Å². The Kier molecular flexibility index (Phi) is 8.91. The SMILES string of the molecule is CCCCCCCCCNC(=O)c1cc(Cl)ccc1OC. The van der Waals surface area contributed by atoms with Crippen LogP contribution in [0.3, 0.4) is 0 Å². The third-order valence-electron chi connectivity index (χ3n) is 3.47. The number of hydrogen-bond donors (Lipinski definition) is 1. The van der Waals surface area contributed by atoms with Gasteiger partial charge in [0, 0.05) is 11.6 Å². The van der Waals surface area contributed by atoms with E-state index in [1.54, 1.807) is 25.3 Å². The lowest BCUT2D eigenvalue weighted by Crippen LogP contribution is -2.24. The predicted octanol–water partition coefficient (Wildman–Crippen LogP) is 4.83. The van der Waals surface area contributed by atoms with Gasteiger partial charge in [0.25, 0.3) is 5.91 Å². The van der Waals surface area contributed by atoms with Gasteiger partial charge in [-0.15, -0.1) is 0 Å². The topological polar surface area (TPSA) is 38.3 Å². The van der Waals surface area contributed by atoms with Crippen LogP contribution in [0.15, 0.2) is 18.2 Å². The minimum atomic E-state index is -0.125. The van der Waals surface area contributed by atoms with Crippen molar-refractivity contribution < 1.29 is 9.53 Å². The molecule has 0 saturated heterocycles. The molecule has 118 valence electrons. The van der Waals surface area contributed by atoms with Crippen molar-refractivity contribution >= 4 is 17.5 Å². The number of rotatable bonds is 10. The number of unbranched alkanes of at least 4 members (excludes halogenated alkanes) is 6. The highest BCUT2D eigenvalue weighted by atomic mass is 35.5. The van der Waals surface area contributed by atoms with Crippen LogP contribution in [0.5, 0.6) is 5.75 Å². The lowest BCUT2D eigenvalue weighted by atomic mass is 10.1. The highest BCUT2D eigenvalue weighted by molar-refractivity contribution is 6.31. The van der Waals surface area contributed by atoms with Crippen LogP contribution in [0.25, 0.3) is 0 Å². The van der Waals surface area contributed by atoms with Crippen LogP contribution in [0.2, 0.25) is 5.02 Å². The number of amides is 1. The maximum absolute atomic E-state index is 12.1. The molecule has 0 bridgehead atoms. The predicted molar refractivity (Wildman–Crippen MR) is 88.3 cm³/mol. The summed E-state index contributed by atoms with van der Waals surface area (Å²) >= 11 is 5.93. The van der Waals surface area contributed by atoms with E-state index >= 15 is 0 Å². The number of halogens is 1. The van der Waals surface area contributed by atoms with Gasteiger partial charge >= 0.3 is 0 Å². The van der Waals surface area contributed by atoms with Gasteiger partial charge in [-0.2, -0.15) is 0 Å². The molecule has 1 aromatic rings. The number of ether oxygens (including phenoxy) is 1. The molecule has 0 fully saturated rings. The highest BCUT2D eigenvalue weighted by Crippen LogP contribution is 2.22. The molecule has 0 saturated carbocycles. The zero-order chi connectivity index (χ0) is 15.5. The van der Waals surface area contributed by atoms with Gasteiger partial charge in [0.15, 0.2) is 0 Å². The third-order valence-corrected chi connectivity index (χ3v) is 3.71. The van der Waals surface area contributed by atoms with E-state index in [9.17, 15) is 4.79 Å². The molecule has 21 heavy (non-hydrogen) atoms.